The highest BCUT2D eigenvalue weighted by Gasteiger charge is 2.19. The number of amides is 1. The lowest BCUT2D eigenvalue weighted by Crippen LogP contribution is -2.16. The van der Waals surface area contributed by atoms with Gasteiger partial charge in [-0.2, -0.15) is 0 Å². The average molecular weight is 311 g/mol. The molecule has 2 aromatic rings. The van der Waals surface area contributed by atoms with Crippen LogP contribution in [0.15, 0.2) is 23.6 Å². The van der Waals surface area contributed by atoms with Crippen molar-refractivity contribution in [1.29, 1.82) is 0 Å². The molecule has 1 amide bonds. The Kier molecular flexibility index (Phi) is 4.36. The van der Waals surface area contributed by atoms with Gasteiger partial charge in [0.25, 0.3) is 5.91 Å². The van der Waals surface area contributed by atoms with Gasteiger partial charge in [-0.3, -0.25) is 4.79 Å². The van der Waals surface area contributed by atoms with Gasteiger partial charge in [0.15, 0.2) is 0 Å². The molecular weight excluding hydrogens is 300 g/mol. The van der Waals surface area contributed by atoms with E-state index in [1.54, 1.807) is 30.5 Å². The minimum Gasteiger partial charge on any atom is -0.465 e. The molecule has 0 aliphatic heterocycles. The summed E-state index contributed by atoms with van der Waals surface area (Å²) in [6.07, 6.45) is 0. The van der Waals surface area contributed by atoms with Gasteiger partial charge in [0, 0.05) is 0 Å². The fourth-order valence-corrected chi connectivity index (χ4v) is 2.64. The zero-order chi connectivity index (χ0) is 14.7. The number of ether oxygens (including phenoxy) is 1. The van der Waals surface area contributed by atoms with E-state index in [0.29, 0.717) is 10.6 Å². The van der Waals surface area contributed by atoms with Crippen LogP contribution in [0.3, 0.4) is 0 Å². The Morgan fingerprint density at radius 3 is 2.80 bits per heavy atom. The van der Waals surface area contributed by atoms with Crippen LogP contribution in [-0.4, -0.2) is 24.0 Å². The third-order valence-corrected chi connectivity index (χ3v) is 3.82. The van der Waals surface area contributed by atoms with Crippen molar-refractivity contribution in [2.24, 2.45) is 0 Å². The molecule has 0 bridgehead atoms. The van der Waals surface area contributed by atoms with Gasteiger partial charge in [0.05, 0.1) is 12.8 Å². The maximum absolute atomic E-state index is 12.1. The summed E-state index contributed by atoms with van der Waals surface area (Å²) in [6, 6.07) is 4.75. The molecule has 7 heteroatoms. The molecule has 0 unspecified atom stereocenters. The molecule has 0 atom stereocenters. The molecule has 1 N–H and O–H groups in total. The van der Waals surface area contributed by atoms with Crippen molar-refractivity contribution in [3.05, 3.63) is 44.9 Å². The molecular formula is C13H11ClN2O3S. The molecule has 0 saturated heterocycles. The van der Waals surface area contributed by atoms with Crippen molar-refractivity contribution in [2.45, 2.75) is 6.92 Å². The van der Waals surface area contributed by atoms with Gasteiger partial charge >= 0.3 is 5.97 Å². The lowest BCUT2D eigenvalue weighted by molar-refractivity contribution is 0.0607. The van der Waals surface area contributed by atoms with Gasteiger partial charge in [-0.25, -0.2) is 9.78 Å². The Hall–Kier alpha value is -1.92. The molecule has 104 valence electrons. The molecule has 0 aliphatic rings. The highest BCUT2D eigenvalue weighted by molar-refractivity contribution is 7.12. The van der Waals surface area contributed by atoms with E-state index in [0.717, 1.165) is 5.56 Å². The second-order valence-electron chi connectivity index (χ2n) is 3.91. The number of aryl methyl sites for hydroxylation is 1. The molecule has 2 rings (SSSR count). The van der Waals surface area contributed by atoms with Crippen LogP contribution < -0.4 is 5.32 Å². The van der Waals surface area contributed by atoms with Gasteiger partial charge in [-0.1, -0.05) is 17.7 Å². The number of rotatable bonds is 3. The monoisotopic (exact) mass is 310 g/mol. The summed E-state index contributed by atoms with van der Waals surface area (Å²) in [7, 11) is 1.29. The van der Waals surface area contributed by atoms with Crippen molar-refractivity contribution in [1.82, 2.24) is 4.98 Å². The van der Waals surface area contributed by atoms with Crippen LogP contribution in [0.1, 0.15) is 25.7 Å². The first-order valence-corrected chi connectivity index (χ1v) is 6.89. The van der Waals surface area contributed by atoms with E-state index < -0.39 is 11.9 Å². The summed E-state index contributed by atoms with van der Waals surface area (Å²) in [5.41, 5.74) is 1.40. The lowest BCUT2D eigenvalue weighted by Gasteiger charge is -2.07. The number of hydrogen-bond donors (Lipinski definition) is 1. The van der Waals surface area contributed by atoms with Gasteiger partial charge in [-0.05, 0) is 30.0 Å². The number of methoxy groups -OCH3 is 1. The van der Waals surface area contributed by atoms with E-state index in [1.165, 1.54) is 18.4 Å². The van der Waals surface area contributed by atoms with E-state index in [4.69, 9.17) is 11.6 Å². The molecule has 5 nitrogen and oxygen atoms in total. The molecule has 0 aromatic carbocycles. The van der Waals surface area contributed by atoms with Crippen molar-refractivity contribution in [3.63, 3.8) is 0 Å². The van der Waals surface area contributed by atoms with Crippen molar-refractivity contribution >= 4 is 40.5 Å². The number of anilines is 1. The summed E-state index contributed by atoms with van der Waals surface area (Å²) >= 11 is 6.96. The second kappa shape index (κ2) is 6.02. The highest BCUT2D eigenvalue weighted by Crippen LogP contribution is 2.28. The topological polar surface area (TPSA) is 68.3 Å². The average Bonchev–Trinajstić information content (AvgIpc) is 2.79. The van der Waals surface area contributed by atoms with Crippen LogP contribution in [0.4, 0.5) is 5.69 Å². The van der Waals surface area contributed by atoms with Gasteiger partial charge < -0.3 is 10.1 Å². The van der Waals surface area contributed by atoms with Gasteiger partial charge in [-0.15, -0.1) is 11.3 Å². The number of carbonyl (C=O) groups excluding carboxylic acids is 2. The maximum Gasteiger partial charge on any atom is 0.350 e. The van der Waals surface area contributed by atoms with E-state index >= 15 is 0 Å². The first-order chi connectivity index (χ1) is 9.52. The predicted octanol–water partition coefficient (Wildman–Crippen LogP) is 3.14. The summed E-state index contributed by atoms with van der Waals surface area (Å²) in [6.45, 7) is 1.80. The lowest BCUT2D eigenvalue weighted by atomic mass is 10.2. The number of nitrogens with one attached hydrogen (secondary N) is 1. The van der Waals surface area contributed by atoms with E-state index in [9.17, 15) is 9.59 Å². The fraction of sp³-hybridized carbons (Fsp3) is 0.154. The van der Waals surface area contributed by atoms with Crippen molar-refractivity contribution in [3.8, 4) is 0 Å². The largest absolute Gasteiger partial charge is 0.465 e. The standard InChI is InChI=1S/C13H11ClN2O3S/c1-7-6-20-11(13(18)19-2)10(7)16-12(17)8-4-3-5-9(14)15-8/h3-6H,1-2H3,(H,16,17). The first-order valence-electron chi connectivity index (χ1n) is 5.63. The number of thiophene rings is 1. The summed E-state index contributed by atoms with van der Waals surface area (Å²) < 4.78 is 4.68. The van der Waals surface area contributed by atoms with E-state index in [1.807, 2.05) is 0 Å². The second-order valence-corrected chi connectivity index (χ2v) is 5.18. The number of esters is 1. The minimum absolute atomic E-state index is 0.180. The zero-order valence-corrected chi connectivity index (χ0v) is 12.3. The first kappa shape index (κ1) is 14.5. The van der Waals surface area contributed by atoms with E-state index in [2.05, 4.69) is 15.0 Å². The smallest absolute Gasteiger partial charge is 0.350 e. The molecule has 0 fully saturated rings. The highest BCUT2D eigenvalue weighted by atomic mass is 35.5. The van der Waals surface area contributed by atoms with Crippen LogP contribution in [0.25, 0.3) is 0 Å². The van der Waals surface area contributed by atoms with Gasteiger partial charge in [0.1, 0.15) is 15.7 Å². The molecule has 0 aliphatic carbocycles. The Labute approximate surface area is 124 Å². The van der Waals surface area contributed by atoms with Crippen molar-refractivity contribution in [2.75, 3.05) is 12.4 Å². The summed E-state index contributed by atoms with van der Waals surface area (Å²) in [5, 5.41) is 4.67. The molecule has 2 aromatic heterocycles. The predicted molar refractivity (Wildman–Crippen MR) is 77.6 cm³/mol. The number of hydrogen-bond acceptors (Lipinski definition) is 5. The van der Waals surface area contributed by atoms with Crippen molar-refractivity contribution < 1.29 is 14.3 Å². The van der Waals surface area contributed by atoms with Gasteiger partial charge in [0.2, 0.25) is 0 Å². The molecule has 0 spiro atoms. The number of nitrogens with zero attached hydrogens (tertiary/aromatic N) is 1. The molecule has 20 heavy (non-hydrogen) atoms. The van der Waals surface area contributed by atoms with E-state index in [-0.39, 0.29) is 10.8 Å². The Balaban J connectivity index is 2.28. The number of halogens is 1. The normalized spacial score (nSPS) is 10.2. The number of pyridine rings is 1. The Morgan fingerprint density at radius 2 is 2.15 bits per heavy atom. The Morgan fingerprint density at radius 1 is 1.40 bits per heavy atom. The van der Waals surface area contributed by atoms with Crippen LogP contribution in [0.5, 0.6) is 0 Å². The van der Waals surface area contributed by atoms with Crippen LogP contribution in [-0.2, 0) is 4.74 Å². The summed E-state index contributed by atoms with van der Waals surface area (Å²) in [5.74, 6) is -0.920. The third-order valence-electron chi connectivity index (χ3n) is 2.53. The van der Waals surface area contributed by atoms with Crippen LogP contribution in [0, 0.1) is 6.92 Å². The quantitative estimate of drug-likeness (QED) is 0.698. The fourth-order valence-electron chi connectivity index (χ4n) is 1.55. The Bertz CT molecular complexity index is 669. The zero-order valence-electron chi connectivity index (χ0n) is 10.8. The maximum atomic E-state index is 12.1. The number of carbonyl (C=O) groups is 2. The van der Waals surface area contributed by atoms with Crippen LogP contribution in [0.2, 0.25) is 5.15 Å². The summed E-state index contributed by atoms with van der Waals surface area (Å²) in [4.78, 5) is 28.0. The minimum atomic E-state index is -0.488. The third kappa shape index (κ3) is 2.97. The molecule has 2 heterocycles. The SMILES string of the molecule is COC(=O)c1scc(C)c1NC(=O)c1cccc(Cl)n1. The molecule has 0 radical (unpaired) electrons. The van der Waals surface area contributed by atoms with Crippen LogP contribution >= 0.6 is 22.9 Å². The number of aromatic nitrogens is 1. The molecule has 0 saturated carbocycles.